The minimum Gasteiger partial charge on any atom is -0.491 e. The second-order valence-electron chi connectivity index (χ2n) is 9.54. The van der Waals surface area contributed by atoms with Gasteiger partial charge in [-0.3, -0.25) is 9.97 Å². The Bertz CT molecular complexity index is 1240. The van der Waals surface area contributed by atoms with E-state index in [2.05, 4.69) is 25.2 Å². The third-order valence-corrected chi connectivity index (χ3v) is 7.50. The van der Waals surface area contributed by atoms with Gasteiger partial charge in [-0.15, -0.1) is 0 Å². The average molecular weight is 462 g/mol. The van der Waals surface area contributed by atoms with Crippen LogP contribution in [0, 0.1) is 11.8 Å². The van der Waals surface area contributed by atoms with Crippen LogP contribution in [-0.4, -0.2) is 72.5 Å². The molecule has 0 spiro atoms. The first-order chi connectivity index (χ1) is 16.8. The number of methoxy groups -OCH3 is 1. The minimum absolute atomic E-state index is 0.297. The summed E-state index contributed by atoms with van der Waals surface area (Å²) in [4.78, 5) is 16.3. The summed E-state index contributed by atoms with van der Waals surface area (Å²) in [5, 5.41) is 3.71. The van der Waals surface area contributed by atoms with Gasteiger partial charge in [0.2, 0.25) is 5.88 Å². The van der Waals surface area contributed by atoms with Gasteiger partial charge < -0.3 is 29.2 Å². The normalized spacial score (nSPS) is 26.7. The lowest BCUT2D eigenvalue weighted by molar-refractivity contribution is 0.170. The smallest absolute Gasteiger partial charge is 0.213 e. The molecule has 6 heterocycles. The average Bonchev–Trinajstić information content (AvgIpc) is 3.18. The zero-order valence-corrected chi connectivity index (χ0v) is 19.1. The van der Waals surface area contributed by atoms with Crippen molar-refractivity contribution in [2.45, 2.75) is 18.5 Å². The summed E-state index contributed by atoms with van der Waals surface area (Å²) >= 11 is 0. The van der Waals surface area contributed by atoms with Crippen molar-refractivity contribution in [3.63, 3.8) is 0 Å². The van der Waals surface area contributed by atoms with Gasteiger partial charge >= 0.3 is 0 Å². The molecule has 3 aromatic heterocycles. The molecule has 9 heteroatoms. The molecule has 0 bridgehead atoms. The SMILES string of the molecule is COc1ccc2ncc3c(c2n1)C(CN1C[C@@H]2C(NCc4cc5c(cn4)OCCO5)[C@@H]2C1)CO3. The summed E-state index contributed by atoms with van der Waals surface area (Å²) in [7, 11) is 1.64. The lowest BCUT2D eigenvalue weighted by atomic mass is 9.99. The minimum atomic E-state index is 0.297. The quantitative estimate of drug-likeness (QED) is 0.592. The third-order valence-electron chi connectivity index (χ3n) is 7.50. The number of nitrogens with one attached hydrogen (secondary N) is 1. The van der Waals surface area contributed by atoms with E-state index < -0.39 is 0 Å². The fourth-order valence-corrected chi connectivity index (χ4v) is 5.78. The molecule has 1 aliphatic carbocycles. The Morgan fingerprint density at radius 2 is 1.85 bits per heavy atom. The monoisotopic (exact) mass is 461 g/mol. The van der Waals surface area contributed by atoms with E-state index in [1.54, 1.807) is 13.3 Å². The molecule has 7 rings (SSSR count). The highest BCUT2D eigenvalue weighted by atomic mass is 16.6. The zero-order valence-electron chi connectivity index (χ0n) is 19.1. The predicted octanol–water partition coefficient (Wildman–Crippen LogP) is 2.00. The molecule has 9 nitrogen and oxygen atoms in total. The van der Waals surface area contributed by atoms with E-state index in [1.165, 1.54) is 5.56 Å². The Morgan fingerprint density at radius 3 is 2.71 bits per heavy atom. The van der Waals surface area contributed by atoms with Gasteiger partial charge in [0.15, 0.2) is 11.5 Å². The van der Waals surface area contributed by atoms with Crippen LogP contribution < -0.4 is 24.3 Å². The highest BCUT2D eigenvalue weighted by molar-refractivity contribution is 5.81. The molecule has 4 aliphatic rings. The van der Waals surface area contributed by atoms with E-state index in [0.29, 0.717) is 49.5 Å². The highest BCUT2D eigenvalue weighted by Gasteiger charge is 2.55. The Kier molecular flexibility index (Phi) is 4.73. The standard InChI is InChI=1S/C25H27N5O4/c1-31-22-3-2-18-25(29-22)23-14(13-34-21(23)9-27-18)10-30-11-16-17(12-30)24(16)28-7-15-6-19-20(8-26-15)33-5-4-32-19/h2-3,6,8-9,14,16-17,24,28H,4-5,7,10-13H2,1H3/t14?,16-,17+,24?. The van der Waals surface area contributed by atoms with Crippen LogP contribution in [0.2, 0.25) is 0 Å². The number of piperidine rings is 1. The summed E-state index contributed by atoms with van der Waals surface area (Å²) in [6.45, 7) is 5.83. The maximum atomic E-state index is 5.98. The number of likely N-dealkylation sites (tertiary alicyclic amines) is 1. The van der Waals surface area contributed by atoms with Gasteiger partial charge in [0.25, 0.3) is 0 Å². The van der Waals surface area contributed by atoms with Gasteiger partial charge in [-0.2, -0.15) is 0 Å². The number of pyridine rings is 3. The fourth-order valence-electron chi connectivity index (χ4n) is 5.78. The molecule has 3 aromatic rings. The molecule has 0 radical (unpaired) electrons. The number of rotatable bonds is 6. The number of aromatic nitrogens is 3. The Labute approximate surface area is 197 Å². The van der Waals surface area contributed by atoms with Crippen LogP contribution in [0.1, 0.15) is 17.2 Å². The molecule has 2 unspecified atom stereocenters. The number of nitrogens with zero attached hydrogens (tertiary/aromatic N) is 4. The molecule has 3 aliphatic heterocycles. The van der Waals surface area contributed by atoms with E-state index in [-0.39, 0.29) is 0 Å². The van der Waals surface area contributed by atoms with Crippen molar-refractivity contribution in [3.05, 3.63) is 41.9 Å². The van der Waals surface area contributed by atoms with Gasteiger partial charge in [0.1, 0.15) is 24.5 Å². The van der Waals surface area contributed by atoms with E-state index in [0.717, 1.165) is 60.2 Å². The van der Waals surface area contributed by atoms with Crippen LogP contribution in [0.3, 0.4) is 0 Å². The van der Waals surface area contributed by atoms with E-state index in [9.17, 15) is 0 Å². The van der Waals surface area contributed by atoms with Crippen LogP contribution in [-0.2, 0) is 6.54 Å². The lowest BCUT2D eigenvalue weighted by Crippen LogP contribution is -2.34. The largest absolute Gasteiger partial charge is 0.491 e. The van der Waals surface area contributed by atoms with E-state index in [1.807, 2.05) is 24.4 Å². The topological polar surface area (TPSA) is 90.9 Å². The first-order valence-corrected chi connectivity index (χ1v) is 11.9. The lowest BCUT2D eigenvalue weighted by Gasteiger charge is -2.23. The van der Waals surface area contributed by atoms with E-state index >= 15 is 0 Å². The van der Waals surface area contributed by atoms with Crippen molar-refractivity contribution in [2.75, 3.05) is 46.6 Å². The van der Waals surface area contributed by atoms with Crippen LogP contribution in [0.4, 0.5) is 0 Å². The second-order valence-corrected chi connectivity index (χ2v) is 9.54. The molecule has 2 fully saturated rings. The summed E-state index contributed by atoms with van der Waals surface area (Å²) in [6, 6.07) is 6.38. The molecule has 1 saturated heterocycles. The summed E-state index contributed by atoms with van der Waals surface area (Å²) < 4.78 is 22.6. The molecule has 176 valence electrons. The van der Waals surface area contributed by atoms with Crippen LogP contribution in [0.25, 0.3) is 11.0 Å². The van der Waals surface area contributed by atoms with E-state index in [4.69, 9.17) is 18.9 Å². The van der Waals surface area contributed by atoms with Gasteiger partial charge in [0, 0.05) is 55.8 Å². The van der Waals surface area contributed by atoms with Gasteiger partial charge in [-0.25, -0.2) is 4.98 Å². The van der Waals surface area contributed by atoms with Crippen molar-refractivity contribution in [1.82, 2.24) is 25.2 Å². The molecule has 1 N–H and O–H groups in total. The van der Waals surface area contributed by atoms with Crippen LogP contribution >= 0.6 is 0 Å². The molecule has 0 aromatic carbocycles. The molecule has 0 amide bonds. The summed E-state index contributed by atoms with van der Waals surface area (Å²) in [5.74, 6) is 4.70. The van der Waals surface area contributed by atoms with Crippen molar-refractivity contribution < 1.29 is 18.9 Å². The Morgan fingerprint density at radius 1 is 1.03 bits per heavy atom. The first-order valence-electron chi connectivity index (χ1n) is 11.9. The number of hydrogen-bond donors (Lipinski definition) is 1. The molecule has 4 atom stereocenters. The number of ether oxygens (including phenoxy) is 4. The summed E-state index contributed by atoms with van der Waals surface area (Å²) in [6.07, 6.45) is 3.60. The highest BCUT2D eigenvalue weighted by Crippen LogP contribution is 2.47. The fraction of sp³-hybridized carbons (Fsp3) is 0.480. The zero-order chi connectivity index (χ0) is 22.6. The Hall–Kier alpha value is -3.17. The molecule has 1 saturated carbocycles. The summed E-state index contributed by atoms with van der Waals surface area (Å²) in [5.41, 5.74) is 3.95. The third kappa shape index (κ3) is 3.42. The Balaban J connectivity index is 0.976. The van der Waals surface area contributed by atoms with Crippen molar-refractivity contribution in [2.24, 2.45) is 11.8 Å². The number of fused-ring (bicyclic) bond motifs is 5. The van der Waals surface area contributed by atoms with Gasteiger partial charge in [-0.1, -0.05) is 0 Å². The maximum Gasteiger partial charge on any atom is 0.213 e. The van der Waals surface area contributed by atoms with Crippen molar-refractivity contribution in [1.29, 1.82) is 0 Å². The maximum absolute atomic E-state index is 5.98. The number of hydrogen-bond acceptors (Lipinski definition) is 9. The predicted molar refractivity (Wildman–Crippen MR) is 124 cm³/mol. The molecular formula is C25H27N5O4. The van der Waals surface area contributed by atoms with Crippen molar-refractivity contribution >= 4 is 11.0 Å². The van der Waals surface area contributed by atoms with Gasteiger partial charge in [-0.05, 0) is 17.9 Å². The molecule has 34 heavy (non-hydrogen) atoms. The van der Waals surface area contributed by atoms with Gasteiger partial charge in [0.05, 0.1) is 37.3 Å². The first kappa shape index (κ1) is 20.2. The van der Waals surface area contributed by atoms with Crippen LogP contribution in [0.15, 0.2) is 30.6 Å². The second kappa shape index (κ2) is 7.95. The molecular weight excluding hydrogens is 434 g/mol. The van der Waals surface area contributed by atoms with Crippen molar-refractivity contribution in [3.8, 4) is 23.1 Å². The van der Waals surface area contributed by atoms with Crippen LogP contribution in [0.5, 0.6) is 23.1 Å².